The Hall–Kier alpha value is -0.830. The summed E-state index contributed by atoms with van der Waals surface area (Å²) >= 11 is 0. The van der Waals surface area contributed by atoms with E-state index >= 15 is 0 Å². The highest BCUT2D eigenvalue weighted by atomic mass is 15.1. The zero-order valence-corrected chi connectivity index (χ0v) is 9.25. The van der Waals surface area contributed by atoms with Crippen molar-refractivity contribution in [3.63, 3.8) is 0 Å². The van der Waals surface area contributed by atoms with Crippen molar-refractivity contribution >= 4 is 0 Å². The lowest BCUT2D eigenvalue weighted by molar-refractivity contribution is 0.639. The summed E-state index contributed by atoms with van der Waals surface area (Å²) in [7, 11) is 1.96. The number of imidazole rings is 1. The molecule has 78 valence electrons. The molecule has 1 aromatic rings. The zero-order chi connectivity index (χ0) is 10.1. The fourth-order valence-electron chi connectivity index (χ4n) is 1.80. The second-order valence-corrected chi connectivity index (χ2v) is 4.41. The summed E-state index contributed by atoms with van der Waals surface area (Å²) in [6.45, 7) is 5.30. The monoisotopic (exact) mass is 193 g/mol. The Kier molecular flexibility index (Phi) is 2.59. The lowest BCUT2D eigenvalue weighted by Gasteiger charge is -2.07. The molecule has 1 aliphatic rings. The van der Waals surface area contributed by atoms with Crippen LogP contribution >= 0.6 is 0 Å². The zero-order valence-electron chi connectivity index (χ0n) is 9.25. The quantitative estimate of drug-likeness (QED) is 0.793. The highest BCUT2D eigenvalue weighted by Crippen LogP contribution is 2.37. The van der Waals surface area contributed by atoms with Crippen molar-refractivity contribution in [2.45, 2.75) is 45.2 Å². The van der Waals surface area contributed by atoms with Gasteiger partial charge in [-0.2, -0.15) is 0 Å². The number of nitrogens with one attached hydrogen (secondary N) is 1. The first-order valence-corrected chi connectivity index (χ1v) is 5.44. The van der Waals surface area contributed by atoms with Crippen LogP contribution in [0.3, 0.4) is 0 Å². The maximum atomic E-state index is 4.66. The minimum absolute atomic E-state index is 0.529. The Morgan fingerprint density at radius 3 is 2.79 bits per heavy atom. The van der Waals surface area contributed by atoms with Gasteiger partial charge in [0.15, 0.2) is 0 Å². The van der Waals surface area contributed by atoms with Crippen LogP contribution in [0.15, 0.2) is 6.20 Å². The van der Waals surface area contributed by atoms with Gasteiger partial charge in [0.05, 0.1) is 5.69 Å². The summed E-state index contributed by atoms with van der Waals surface area (Å²) in [4.78, 5) is 4.66. The highest BCUT2D eigenvalue weighted by Gasteiger charge is 2.27. The summed E-state index contributed by atoms with van der Waals surface area (Å²) in [6.07, 6.45) is 4.87. The van der Waals surface area contributed by atoms with Crippen LogP contribution in [0.5, 0.6) is 0 Å². The van der Waals surface area contributed by atoms with E-state index in [-0.39, 0.29) is 0 Å². The van der Waals surface area contributed by atoms with E-state index in [1.54, 1.807) is 0 Å². The average Bonchev–Trinajstić information content (AvgIpc) is 2.88. The molecular formula is C11H19N3. The number of rotatable bonds is 4. The molecule has 1 aliphatic carbocycles. The van der Waals surface area contributed by atoms with E-state index in [1.165, 1.54) is 24.4 Å². The van der Waals surface area contributed by atoms with E-state index in [1.807, 2.05) is 7.05 Å². The van der Waals surface area contributed by atoms with Crippen LogP contribution in [0.25, 0.3) is 0 Å². The van der Waals surface area contributed by atoms with Gasteiger partial charge in [0.1, 0.15) is 5.82 Å². The summed E-state index contributed by atoms with van der Waals surface area (Å²) in [5.41, 5.74) is 1.17. The van der Waals surface area contributed by atoms with Crippen molar-refractivity contribution in [3.05, 3.63) is 17.7 Å². The van der Waals surface area contributed by atoms with E-state index in [2.05, 4.69) is 34.9 Å². The Morgan fingerprint density at radius 2 is 2.29 bits per heavy atom. The van der Waals surface area contributed by atoms with E-state index in [0.717, 1.165) is 12.6 Å². The predicted octanol–water partition coefficient (Wildman–Crippen LogP) is 2.06. The van der Waals surface area contributed by atoms with Gasteiger partial charge in [0.25, 0.3) is 0 Å². The average molecular weight is 193 g/mol. The van der Waals surface area contributed by atoms with Gasteiger partial charge in [0, 0.05) is 24.7 Å². The van der Waals surface area contributed by atoms with Crippen molar-refractivity contribution in [1.82, 2.24) is 14.9 Å². The maximum absolute atomic E-state index is 4.66. The molecule has 0 bridgehead atoms. The molecule has 0 aromatic carbocycles. The summed E-state index contributed by atoms with van der Waals surface area (Å²) in [5.74, 6) is 1.78. The van der Waals surface area contributed by atoms with Crippen molar-refractivity contribution in [2.24, 2.45) is 0 Å². The summed E-state index contributed by atoms with van der Waals surface area (Å²) in [6, 6.07) is 0.741. The molecule has 3 heteroatoms. The van der Waals surface area contributed by atoms with Crippen LogP contribution in [0.1, 0.15) is 50.2 Å². The SMILES string of the molecule is CNCc1cn(C2CC2)c(C(C)C)n1. The Labute approximate surface area is 85.5 Å². The summed E-state index contributed by atoms with van der Waals surface area (Å²) in [5, 5.41) is 3.15. The van der Waals surface area contributed by atoms with Crippen LogP contribution in [-0.2, 0) is 6.54 Å². The molecule has 1 aromatic heterocycles. The van der Waals surface area contributed by atoms with Crippen LogP contribution in [-0.4, -0.2) is 16.6 Å². The molecule has 0 unspecified atom stereocenters. The lowest BCUT2D eigenvalue weighted by Crippen LogP contribution is -2.05. The molecule has 2 rings (SSSR count). The molecule has 0 spiro atoms. The molecule has 0 saturated heterocycles. The third kappa shape index (κ3) is 1.82. The van der Waals surface area contributed by atoms with E-state index in [9.17, 15) is 0 Å². The molecule has 1 saturated carbocycles. The topological polar surface area (TPSA) is 29.9 Å². The third-order valence-electron chi connectivity index (χ3n) is 2.63. The third-order valence-corrected chi connectivity index (χ3v) is 2.63. The molecule has 3 nitrogen and oxygen atoms in total. The van der Waals surface area contributed by atoms with Crippen LogP contribution in [0, 0.1) is 0 Å². The lowest BCUT2D eigenvalue weighted by atomic mass is 10.2. The highest BCUT2D eigenvalue weighted by molar-refractivity contribution is 5.10. The van der Waals surface area contributed by atoms with Gasteiger partial charge in [-0.3, -0.25) is 0 Å². The van der Waals surface area contributed by atoms with Crippen molar-refractivity contribution in [1.29, 1.82) is 0 Å². The number of aromatic nitrogens is 2. The number of hydrogen-bond donors (Lipinski definition) is 1. The predicted molar refractivity (Wildman–Crippen MR) is 57.4 cm³/mol. The molecule has 14 heavy (non-hydrogen) atoms. The standard InChI is InChI=1S/C11H19N3/c1-8(2)11-13-9(6-12-3)7-14(11)10-4-5-10/h7-8,10,12H,4-6H2,1-3H3. The van der Waals surface area contributed by atoms with Gasteiger partial charge in [-0.05, 0) is 19.9 Å². The van der Waals surface area contributed by atoms with Crippen LogP contribution < -0.4 is 5.32 Å². The first-order chi connectivity index (χ1) is 6.72. The number of nitrogens with zero attached hydrogens (tertiary/aromatic N) is 2. The van der Waals surface area contributed by atoms with Gasteiger partial charge in [0.2, 0.25) is 0 Å². The van der Waals surface area contributed by atoms with E-state index in [4.69, 9.17) is 0 Å². The van der Waals surface area contributed by atoms with Crippen LogP contribution in [0.2, 0.25) is 0 Å². The molecular weight excluding hydrogens is 174 g/mol. The van der Waals surface area contributed by atoms with Crippen molar-refractivity contribution in [3.8, 4) is 0 Å². The molecule has 0 radical (unpaired) electrons. The van der Waals surface area contributed by atoms with E-state index < -0.39 is 0 Å². The first kappa shape index (κ1) is 9.71. The molecule has 0 atom stereocenters. The molecule has 0 amide bonds. The summed E-state index contributed by atoms with van der Waals surface area (Å²) < 4.78 is 2.37. The Balaban J connectivity index is 2.25. The van der Waals surface area contributed by atoms with Gasteiger partial charge in [-0.1, -0.05) is 13.8 Å². The normalized spacial score (nSPS) is 16.6. The number of hydrogen-bond acceptors (Lipinski definition) is 2. The second-order valence-electron chi connectivity index (χ2n) is 4.41. The Morgan fingerprint density at radius 1 is 1.57 bits per heavy atom. The van der Waals surface area contributed by atoms with Crippen LogP contribution in [0.4, 0.5) is 0 Å². The molecule has 1 fully saturated rings. The fraction of sp³-hybridized carbons (Fsp3) is 0.727. The van der Waals surface area contributed by atoms with Gasteiger partial charge < -0.3 is 9.88 Å². The molecule has 0 aliphatic heterocycles. The Bertz CT molecular complexity index is 291. The first-order valence-electron chi connectivity index (χ1n) is 5.44. The van der Waals surface area contributed by atoms with Crippen molar-refractivity contribution in [2.75, 3.05) is 7.05 Å². The smallest absolute Gasteiger partial charge is 0.111 e. The molecule has 1 N–H and O–H groups in total. The van der Waals surface area contributed by atoms with Gasteiger partial charge in [-0.15, -0.1) is 0 Å². The van der Waals surface area contributed by atoms with Gasteiger partial charge >= 0.3 is 0 Å². The van der Waals surface area contributed by atoms with E-state index in [0.29, 0.717) is 5.92 Å². The maximum Gasteiger partial charge on any atom is 0.111 e. The minimum atomic E-state index is 0.529. The second kappa shape index (κ2) is 3.73. The molecule has 1 heterocycles. The largest absolute Gasteiger partial charge is 0.331 e. The minimum Gasteiger partial charge on any atom is -0.331 e. The van der Waals surface area contributed by atoms with Gasteiger partial charge in [-0.25, -0.2) is 4.98 Å². The fourth-order valence-corrected chi connectivity index (χ4v) is 1.80. The van der Waals surface area contributed by atoms with Crippen molar-refractivity contribution < 1.29 is 0 Å².